The second-order valence-electron chi connectivity index (χ2n) is 6.79. The Morgan fingerprint density at radius 2 is 1.88 bits per heavy atom. The number of carbonyl (C=O) groups is 1. The zero-order chi connectivity index (χ0) is 18.0. The van der Waals surface area contributed by atoms with E-state index in [2.05, 4.69) is 10.3 Å². The summed E-state index contributed by atoms with van der Waals surface area (Å²) in [5, 5.41) is 3.95. The first kappa shape index (κ1) is 16.9. The van der Waals surface area contributed by atoms with Crippen molar-refractivity contribution in [2.45, 2.75) is 30.8 Å². The van der Waals surface area contributed by atoms with E-state index in [9.17, 15) is 4.79 Å². The van der Waals surface area contributed by atoms with Crippen molar-refractivity contribution >= 4 is 17.5 Å². The maximum atomic E-state index is 13.2. The Labute approximate surface area is 157 Å². The Morgan fingerprint density at radius 3 is 2.50 bits per heavy atom. The fraction of sp³-hybridized carbons (Fsp3) is 0.238. The fourth-order valence-corrected chi connectivity index (χ4v) is 3.49. The number of nitrogens with one attached hydrogen (secondary N) is 1. The molecule has 1 heterocycles. The van der Waals surface area contributed by atoms with E-state index in [1.807, 2.05) is 65.4 Å². The highest BCUT2D eigenvalue weighted by molar-refractivity contribution is 6.30. The van der Waals surface area contributed by atoms with Crippen molar-refractivity contribution in [2.75, 3.05) is 0 Å². The molecule has 5 heteroatoms. The minimum Gasteiger partial charge on any atom is -0.347 e. The van der Waals surface area contributed by atoms with Crippen molar-refractivity contribution in [2.24, 2.45) is 0 Å². The van der Waals surface area contributed by atoms with Crippen LogP contribution in [-0.4, -0.2) is 15.5 Å². The smallest absolute Gasteiger partial charge is 0.231 e. The SMILES string of the molecule is O=C(N[C@H](Cn1ccnc1)c1ccccc1)C1(c2ccc(Cl)cc2)CC1. The van der Waals surface area contributed by atoms with Crippen LogP contribution in [0, 0.1) is 0 Å². The first-order chi connectivity index (χ1) is 12.7. The van der Waals surface area contributed by atoms with Gasteiger partial charge in [0.05, 0.1) is 17.8 Å². The van der Waals surface area contributed by atoms with Crippen LogP contribution >= 0.6 is 11.6 Å². The van der Waals surface area contributed by atoms with Gasteiger partial charge in [0.15, 0.2) is 0 Å². The Hall–Kier alpha value is -2.59. The summed E-state index contributed by atoms with van der Waals surface area (Å²) >= 11 is 6.00. The van der Waals surface area contributed by atoms with Gasteiger partial charge in [0.25, 0.3) is 0 Å². The number of hydrogen-bond acceptors (Lipinski definition) is 2. The molecule has 1 aromatic heterocycles. The lowest BCUT2D eigenvalue weighted by Crippen LogP contribution is -2.38. The normalized spacial score (nSPS) is 16.0. The number of nitrogens with zero attached hydrogens (tertiary/aromatic N) is 2. The number of amides is 1. The number of carbonyl (C=O) groups excluding carboxylic acids is 1. The molecule has 4 nitrogen and oxygen atoms in total. The predicted octanol–water partition coefficient (Wildman–Crippen LogP) is 4.13. The van der Waals surface area contributed by atoms with E-state index >= 15 is 0 Å². The summed E-state index contributed by atoms with van der Waals surface area (Å²) < 4.78 is 1.99. The highest BCUT2D eigenvalue weighted by atomic mass is 35.5. The molecule has 1 amide bonds. The van der Waals surface area contributed by atoms with Crippen LogP contribution in [0.1, 0.15) is 30.0 Å². The van der Waals surface area contributed by atoms with E-state index < -0.39 is 5.41 Å². The Morgan fingerprint density at radius 1 is 1.15 bits per heavy atom. The second kappa shape index (κ2) is 6.96. The van der Waals surface area contributed by atoms with Crippen LogP contribution < -0.4 is 5.32 Å². The summed E-state index contributed by atoms with van der Waals surface area (Å²) in [4.78, 5) is 17.3. The Kier molecular flexibility index (Phi) is 4.51. The van der Waals surface area contributed by atoms with Gasteiger partial charge in [-0.05, 0) is 36.1 Å². The molecule has 1 aliphatic rings. The van der Waals surface area contributed by atoms with Crippen molar-refractivity contribution in [1.82, 2.24) is 14.9 Å². The predicted molar refractivity (Wildman–Crippen MR) is 102 cm³/mol. The Balaban J connectivity index is 1.57. The molecule has 0 bridgehead atoms. The van der Waals surface area contributed by atoms with Crippen molar-refractivity contribution in [3.05, 3.63) is 89.5 Å². The molecule has 1 saturated carbocycles. The lowest BCUT2D eigenvalue weighted by Gasteiger charge is -2.23. The van der Waals surface area contributed by atoms with E-state index in [-0.39, 0.29) is 11.9 Å². The zero-order valence-corrected chi connectivity index (χ0v) is 15.1. The van der Waals surface area contributed by atoms with E-state index in [1.165, 1.54) is 0 Å². The van der Waals surface area contributed by atoms with Crippen LogP contribution in [0.5, 0.6) is 0 Å². The first-order valence-corrected chi connectivity index (χ1v) is 9.13. The largest absolute Gasteiger partial charge is 0.347 e. The van der Waals surface area contributed by atoms with Crippen LogP contribution in [0.2, 0.25) is 5.02 Å². The van der Waals surface area contributed by atoms with Gasteiger partial charge in [0.2, 0.25) is 5.91 Å². The third-order valence-electron chi connectivity index (χ3n) is 5.04. The summed E-state index contributed by atoms with van der Waals surface area (Å²) in [6, 6.07) is 17.6. The molecular weight excluding hydrogens is 346 g/mol. The number of benzene rings is 2. The number of halogens is 1. The van der Waals surface area contributed by atoms with Gasteiger partial charge >= 0.3 is 0 Å². The first-order valence-electron chi connectivity index (χ1n) is 8.75. The molecule has 0 spiro atoms. The molecule has 2 aromatic carbocycles. The van der Waals surface area contributed by atoms with Crippen molar-refractivity contribution in [3.63, 3.8) is 0 Å². The van der Waals surface area contributed by atoms with Gasteiger partial charge in [-0.3, -0.25) is 4.79 Å². The lowest BCUT2D eigenvalue weighted by atomic mass is 9.94. The van der Waals surface area contributed by atoms with Gasteiger partial charge in [0.1, 0.15) is 0 Å². The second-order valence-corrected chi connectivity index (χ2v) is 7.22. The van der Waals surface area contributed by atoms with Gasteiger partial charge < -0.3 is 9.88 Å². The molecule has 1 atom stereocenters. The van der Waals surface area contributed by atoms with Gasteiger partial charge in [-0.2, -0.15) is 0 Å². The summed E-state index contributed by atoms with van der Waals surface area (Å²) in [5.74, 6) is 0.0776. The standard InChI is InChI=1S/C21H20ClN3O/c22-18-8-6-17(7-9-18)21(10-11-21)20(26)24-19(14-25-13-12-23-15-25)16-4-2-1-3-5-16/h1-9,12-13,15,19H,10-11,14H2,(H,24,26)/t19-/m1/s1. The van der Waals surface area contributed by atoms with Gasteiger partial charge in [-0.15, -0.1) is 0 Å². The van der Waals surface area contributed by atoms with Crippen LogP contribution in [0.4, 0.5) is 0 Å². The molecule has 132 valence electrons. The highest BCUT2D eigenvalue weighted by Gasteiger charge is 2.51. The molecule has 4 rings (SSSR count). The fourth-order valence-electron chi connectivity index (χ4n) is 3.36. The topological polar surface area (TPSA) is 46.9 Å². The summed E-state index contributed by atoms with van der Waals surface area (Å²) in [7, 11) is 0. The van der Waals surface area contributed by atoms with Crippen molar-refractivity contribution in [3.8, 4) is 0 Å². The maximum absolute atomic E-state index is 13.2. The average molecular weight is 366 g/mol. The molecule has 1 N–H and O–H groups in total. The molecule has 1 aliphatic carbocycles. The van der Waals surface area contributed by atoms with Crippen molar-refractivity contribution in [1.29, 1.82) is 0 Å². The third kappa shape index (κ3) is 3.37. The lowest BCUT2D eigenvalue weighted by molar-refractivity contribution is -0.124. The molecular formula is C21H20ClN3O. The monoisotopic (exact) mass is 365 g/mol. The quantitative estimate of drug-likeness (QED) is 0.714. The van der Waals surface area contributed by atoms with Crippen LogP contribution in [0.25, 0.3) is 0 Å². The minimum atomic E-state index is -0.424. The third-order valence-corrected chi connectivity index (χ3v) is 5.29. The molecule has 26 heavy (non-hydrogen) atoms. The van der Waals surface area contributed by atoms with Gasteiger partial charge in [-0.1, -0.05) is 54.1 Å². The summed E-state index contributed by atoms with van der Waals surface area (Å²) in [5.41, 5.74) is 1.70. The molecule has 0 saturated heterocycles. The molecule has 0 radical (unpaired) electrons. The Bertz CT molecular complexity index is 871. The highest BCUT2D eigenvalue weighted by Crippen LogP contribution is 2.49. The number of hydrogen-bond donors (Lipinski definition) is 1. The average Bonchev–Trinajstić information content (AvgIpc) is 3.32. The molecule has 1 fully saturated rings. The van der Waals surface area contributed by atoms with E-state index in [0.29, 0.717) is 11.6 Å². The molecule has 3 aromatic rings. The number of rotatable bonds is 6. The molecule has 0 aliphatic heterocycles. The van der Waals surface area contributed by atoms with Crippen LogP contribution in [0.15, 0.2) is 73.3 Å². The van der Waals surface area contributed by atoms with E-state index in [0.717, 1.165) is 24.0 Å². The van der Waals surface area contributed by atoms with Crippen LogP contribution in [0.3, 0.4) is 0 Å². The summed E-state index contributed by atoms with van der Waals surface area (Å²) in [6.45, 7) is 0.645. The molecule has 0 unspecified atom stereocenters. The zero-order valence-electron chi connectivity index (χ0n) is 14.3. The number of aromatic nitrogens is 2. The maximum Gasteiger partial charge on any atom is 0.231 e. The van der Waals surface area contributed by atoms with E-state index in [1.54, 1.807) is 12.5 Å². The van der Waals surface area contributed by atoms with Gasteiger partial charge in [0, 0.05) is 24.0 Å². The minimum absolute atomic E-state index is 0.0776. The van der Waals surface area contributed by atoms with Gasteiger partial charge in [-0.25, -0.2) is 4.98 Å². The van der Waals surface area contributed by atoms with E-state index in [4.69, 9.17) is 11.6 Å². The van der Waals surface area contributed by atoms with Crippen molar-refractivity contribution < 1.29 is 4.79 Å². The number of imidazole rings is 1. The van der Waals surface area contributed by atoms with Crippen LogP contribution in [-0.2, 0) is 16.8 Å². The summed E-state index contributed by atoms with van der Waals surface area (Å²) in [6.07, 6.45) is 7.17.